The molecular weight excluding hydrogens is 290 g/mol. The summed E-state index contributed by atoms with van der Waals surface area (Å²) in [6.07, 6.45) is 3.04. The zero-order valence-electron chi connectivity index (χ0n) is 10.1. The van der Waals surface area contributed by atoms with Gasteiger partial charge >= 0.3 is 0 Å². The average Bonchev–Trinajstić information content (AvgIpc) is 2.98. The van der Waals surface area contributed by atoms with Crippen molar-refractivity contribution in [3.05, 3.63) is 28.0 Å². The number of fused-ring (bicyclic) bond motifs is 2. The average molecular weight is 303 g/mol. The third kappa shape index (κ3) is 2.45. The first-order valence-electron chi connectivity index (χ1n) is 6.26. The molecule has 1 aromatic rings. The number of benzene rings is 1. The predicted molar refractivity (Wildman–Crippen MR) is 73.1 cm³/mol. The van der Waals surface area contributed by atoms with Gasteiger partial charge in [-0.15, -0.1) is 0 Å². The quantitative estimate of drug-likeness (QED) is 0.824. The Morgan fingerprint density at radius 1 is 1.32 bits per heavy atom. The van der Waals surface area contributed by atoms with Crippen LogP contribution in [0.5, 0.6) is 0 Å². The Labute approximate surface area is 120 Å². The first-order chi connectivity index (χ1) is 9.04. The molecule has 2 heterocycles. The summed E-state index contributed by atoms with van der Waals surface area (Å²) in [7, 11) is 0. The lowest BCUT2D eigenvalue weighted by Gasteiger charge is -2.19. The Kier molecular flexibility index (Phi) is 3.41. The largest absolute Gasteiger partial charge is 0.326 e. The molecule has 2 bridgehead atoms. The maximum Gasteiger partial charge on any atom is 0.229 e. The number of nitrogens with one attached hydrogen (secondary N) is 2. The summed E-state index contributed by atoms with van der Waals surface area (Å²) in [6.45, 7) is 0. The number of carbonyl (C=O) groups is 1. The lowest BCUT2D eigenvalue weighted by Crippen LogP contribution is -2.32. The standard InChI is InChI=1S/C13H13Cl2FN2O/c14-9-4-7(5-10(15)12(9)16)18-13(19)8-3-6-1-2-11(8)17-6/h4-6,8,11,17H,1-3H2,(H,18,19). The smallest absolute Gasteiger partial charge is 0.229 e. The van der Waals surface area contributed by atoms with Crippen LogP contribution in [0, 0.1) is 11.7 Å². The van der Waals surface area contributed by atoms with E-state index < -0.39 is 5.82 Å². The van der Waals surface area contributed by atoms with Crippen molar-refractivity contribution >= 4 is 34.8 Å². The van der Waals surface area contributed by atoms with E-state index in [4.69, 9.17) is 23.2 Å². The van der Waals surface area contributed by atoms with Crippen LogP contribution < -0.4 is 10.6 Å². The molecule has 102 valence electrons. The van der Waals surface area contributed by atoms with Gasteiger partial charge in [0.05, 0.1) is 16.0 Å². The number of amides is 1. The Bertz CT molecular complexity index is 514. The molecule has 3 atom stereocenters. The molecule has 2 N–H and O–H groups in total. The van der Waals surface area contributed by atoms with Crippen LogP contribution in [0.3, 0.4) is 0 Å². The highest BCUT2D eigenvalue weighted by Crippen LogP contribution is 2.34. The van der Waals surface area contributed by atoms with Crippen LogP contribution >= 0.6 is 23.2 Å². The van der Waals surface area contributed by atoms with Crippen LogP contribution in [0.2, 0.25) is 10.0 Å². The zero-order valence-corrected chi connectivity index (χ0v) is 11.6. The summed E-state index contributed by atoms with van der Waals surface area (Å²) in [5.74, 6) is -0.747. The van der Waals surface area contributed by atoms with Gasteiger partial charge in [0.2, 0.25) is 5.91 Å². The van der Waals surface area contributed by atoms with Crippen molar-refractivity contribution in [2.45, 2.75) is 31.3 Å². The van der Waals surface area contributed by atoms with Gasteiger partial charge in [0.1, 0.15) is 0 Å². The van der Waals surface area contributed by atoms with Crippen LogP contribution in [0.25, 0.3) is 0 Å². The number of anilines is 1. The predicted octanol–water partition coefficient (Wildman–Crippen LogP) is 3.21. The number of halogens is 3. The molecule has 3 unspecified atom stereocenters. The molecule has 2 fully saturated rings. The number of carbonyl (C=O) groups excluding carboxylic acids is 1. The summed E-state index contributed by atoms with van der Waals surface area (Å²) >= 11 is 11.4. The van der Waals surface area contributed by atoms with Gasteiger partial charge in [-0.25, -0.2) is 4.39 Å². The molecule has 0 aliphatic carbocycles. The van der Waals surface area contributed by atoms with Gasteiger partial charge in [-0.3, -0.25) is 4.79 Å². The van der Waals surface area contributed by atoms with Crippen LogP contribution in [-0.2, 0) is 4.79 Å². The summed E-state index contributed by atoms with van der Waals surface area (Å²) in [5.41, 5.74) is 0.434. The van der Waals surface area contributed by atoms with E-state index in [2.05, 4.69) is 10.6 Å². The molecule has 0 radical (unpaired) electrons. The van der Waals surface area contributed by atoms with Crippen molar-refractivity contribution in [3.8, 4) is 0 Å². The van der Waals surface area contributed by atoms with Crippen LogP contribution in [0.4, 0.5) is 10.1 Å². The van der Waals surface area contributed by atoms with E-state index in [1.54, 1.807) is 0 Å². The van der Waals surface area contributed by atoms with E-state index in [0.29, 0.717) is 11.7 Å². The maximum absolute atomic E-state index is 13.3. The van der Waals surface area contributed by atoms with Crippen LogP contribution in [0.15, 0.2) is 12.1 Å². The maximum atomic E-state index is 13.3. The Morgan fingerprint density at radius 2 is 2.00 bits per heavy atom. The topological polar surface area (TPSA) is 41.1 Å². The van der Waals surface area contributed by atoms with Gasteiger partial charge < -0.3 is 10.6 Å². The Hall–Kier alpha value is -0.840. The Balaban J connectivity index is 1.73. The molecule has 3 rings (SSSR count). The zero-order chi connectivity index (χ0) is 13.6. The summed E-state index contributed by atoms with van der Waals surface area (Å²) in [4.78, 5) is 12.2. The second kappa shape index (κ2) is 4.93. The summed E-state index contributed by atoms with van der Waals surface area (Å²) in [6, 6.07) is 3.47. The SMILES string of the molecule is O=C(Nc1cc(Cl)c(F)c(Cl)c1)C1CC2CCC1N2. The molecule has 2 saturated heterocycles. The number of rotatable bonds is 2. The van der Waals surface area contributed by atoms with Gasteiger partial charge in [-0.2, -0.15) is 0 Å². The number of hydrogen-bond acceptors (Lipinski definition) is 2. The van der Waals surface area contributed by atoms with Crippen molar-refractivity contribution in [2.75, 3.05) is 5.32 Å². The van der Waals surface area contributed by atoms with Crippen molar-refractivity contribution in [2.24, 2.45) is 5.92 Å². The van der Waals surface area contributed by atoms with Crippen molar-refractivity contribution in [3.63, 3.8) is 0 Å². The highest BCUT2D eigenvalue weighted by molar-refractivity contribution is 6.35. The molecule has 1 amide bonds. The van der Waals surface area contributed by atoms with E-state index in [1.165, 1.54) is 12.1 Å². The van der Waals surface area contributed by atoms with Gasteiger partial charge in [-0.1, -0.05) is 23.2 Å². The fraction of sp³-hybridized carbons (Fsp3) is 0.462. The molecule has 0 saturated carbocycles. The summed E-state index contributed by atoms with van der Waals surface area (Å²) < 4.78 is 13.3. The van der Waals surface area contributed by atoms with Gasteiger partial charge in [0, 0.05) is 17.8 Å². The molecule has 3 nitrogen and oxygen atoms in total. The van der Waals surface area contributed by atoms with Crippen molar-refractivity contribution in [1.29, 1.82) is 0 Å². The van der Waals surface area contributed by atoms with E-state index in [9.17, 15) is 9.18 Å². The lowest BCUT2D eigenvalue weighted by molar-refractivity contribution is -0.120. The van der Waals surface area contributed by atoms with Crippen molar-refractivity contribution < 1.29 is 9.18 Å². The second-order valence-corrected chi connectivity index (χ2v) is 5.95. The minimum atomic E-state index is -0.664. The van der Waals surface area contributed by atoms with Crippen LogP contribution in [0.1, 0.15) is 19.3 Å². The van der Waals surface area contributed by atoms with E-state index in [1.807, 2.05) is 0 Å². The van der Waals surface area contributed by atoms with Gasteiger partial charge in [0.25, 0.3) is 0 Å². The lowest BCUT2D eigenvalue weighted by atomic mass is 9.88. The normalized spacial score (nSPS) is 28.7. The molecule has 2 aliphatic rings. The fourth-order valence-corrected chi connectivity index (χ4v) is 3.46. The van der Waals surface area contributed by atoms with E-state index in [0.717, 1.165) is 19.3 Å². The van der Waals surface area contributed by atoms with E-state index in [-0.39, 0.29) is 27.9 Å². The Morgan fingerprint density at radius 3 is 2.53 bits per heavy atom. The second-order valence-electron chi connectivity index (χ2n) is 5.13. The molecule has 1 aromatic carbocycles. The molecule has 19 heavy (non-hydrogen) atoms. The highest BCUT2D eigenvalue weighted by Gasteiger charge is 2.42. The van der Waals surface area contributed by atoms with Gasteiger partial charge in [-0.05, 0) is 31.4 Å². The monoisotopic (exact) mass is 302 g/mol. The molecular formula is C13H13Cl2FN2O. The summed E-state index contributed by atoms with van der Waals surface area (Å²) in [5, 5.41) is 5.99. The van der Waals surface area contributed by atoms with E-state index >= 15 is 0 Å². The first kappa shape index (κ1) is 13.2. The molecule has 0 aromatic heterocycles. The minimum Gasteiger partial charge on any atom is -0.326 e. The third-order valence-electron chi connectivity index (χ3n) is 3.89. The first-order valence-corrected chi connectivity index (χ1v) is 7.01. The van der Waals surface area contributed by atoms with Crippen LogP contribution in [-0.4, -0.2) is 18.0 Å². The molecule has 2 aliphatic heterocycles. The fourth-order valence-electron chi connectivity index (χ4n) is 2.98. The molecule has 6 heteroatoms. The minimum absolute atomic E-state index is 0.0265. The van der Waals surface area contributed by atoms with Crippen molar-refractivity contribution in [1.82, 2.24) is 5.32 Å². The van der Waals surface area contributed by atoms with Gasteiger partial charge in [0.15, 0.2) is 5.82 Å². The number of hydrogen-bond donors (Lipinski definition) is 2. The highest BCUT2D eigenvalue weighted by atomic mass is 35.5. The third-order valence-corrected chi connectivity index (χ3v) is 4.44. The molecule has 0 spiro atoms.